The van der Waals surface area contributed by atoms with E-state index in [0.717, 1.165) is 24.2 Å². The molecule has 1 saturated heterocycles. The lowest BCUT2D eigenvalue weighted by Crippen LogP contribution is -2.59. The molecule has 0 aliphatic carbocycles. The number of guanidine groups is 1. The van der Waals surface area contributed by atoms with Gasteiger partial charge in [0.25, 0.3) is 0 Å². The van der Waals surface area contributed by atoms with Crippen molar-refractivity contribution >= 4 is 23.6 Å². The number of hydrogen-bond acceptors (Lipinski definition) is 5. The van der Waals surface area contributed by atoms with E-state index in [2.05, 4.69) is 58.9 Å². The maximum Gasteiger partial charge on any atom is 0.326 e. The lowest BCUT2D eigenvalue weighted by Gasteiger charge is -2.45. The Bertz CT molecular complexity index is 917. The molecular weight excluding hydrogens is 390 g/mol. The highest BCUT2D eigenvalue weighted by Gasteiger charge is 2.37. The first-order valence-electron chi connectivity index (χ1n) is 10.6. The summed E-state index contributed by atoms with van der Waals surface area (Å²) in [6.07, 6.45) is 1.69. The molecule has 1 aromatic carbocycles. The van der Waals surface area contributed by atoms with Crippen LogP contribution in [0.5, 0.6) is 0 Å². The summed E-state index contributed by atoms with van der Waals surface area (Å²) in [7, 11) is 0. The molecule has 166 valence electrons. The van der Waals surface area contributed by atoms with Gasteiger partial charge >= 0.3 is 6.03 Å². The third-order valence-corrected chi connectivity index (χ3v) is 4.96. The second-order valence-electron chi connectivity index (χ2n) is 9.48. The zero-order valence-electron chi connectivity index (χ0n) is 19.2. The van der Waals surface area contributed by atoms with Gasteiger partial charge in [-0.1, -0.05) is 18.2 Å². The molecule has 2 amide bonds. The Morgan fingerprint density at radius 3 is 2.16 bits per heavy atom. The minimum Gasteiger partial charge on any atom is -0.308 e. The predicted octanol–water partition coefficient (Wildman–Crippen LogP) is 3.99. The van der Waals surface area contributed by atoms with Crippen molar-refractivity contribution in [2.75, 3.05) is 10.6 Å². The van der Waals surface area contributed by atoms with Crippen molar-refractivity contribution in [1.82, 2.24) is 20.6 Å². The molecule has 1 aliphatic heterocycles. The molecule has 31 heavy (non-hydrogen) atoms. The third-order valence-electron chi connectivity index (χ3n) is 4.96. The number of urea groups is 1. The van der Waals surface area contributed by atoms with Crippen LogP contribution in [0.2, 0.25) is 0 Å². The Hall–Kier alpha value is -3.00. The van der Waals surface area contributed by atoms with Gasteiger partial charge in [-0.15, -0.1) is 0 Å². The Kier molecular flexibility index (Phi) is 6.59. The fourth-order valence-electron chi connectivity index (χ4n) is 4.32. The summed E-state index contributed by atoms with van der Waals surface area (Å²) < 4.78 is 0. The second-order valence-corrected chi connectivity index (χ2v) is 9.48. The average molecular weight is 424 g/mol. The summed E-state index contributed by atoms with van der Waals surface area (Å²) in [6.45, 7) is 12.5. The predicted molar refractivity (Wildman–Crippen MR) is 125 cm³/mol. The maximum atomic E-state index is 12.6. The smallest absolute Gasteiger partial charge is 0.308 e. The van der Waals surface area contributed by atoms with Gasteiger partial charge in [0.15, 0.2) is 0 Å². The number of nitrogens with one attached hydrogen (secondary N) is 4. The molecule has 1 fully saturated rings. The van der Waals surface area contributed by atoms with Crippen LogP contribution < -0.4 is 21.3 Å². The van der Waals surface area contributed by atoms with E-state index in [1.165, 1.54) is 0 Å². The van der Waals surface area contributed by atoms with Crippen molar-refractivity contribution in [3.05, 3.63) is 47.8 Å². The fourth-order valence-corrected chi connectivity index (χ4v) is 4.32. The summed E-state index contributed by atoms with van der Waals surface area (Å²) in [5.41, 5.74) is 2.25. The fraction of sp³-hybridized carbons (Fsp3) is 0.478. The lowest BCUT2D eigenvalue weighted by molar-refractivity contribution is 0.164. The van der Waals surface area contributed by atoms with E-state index in [9.17, 15) is 4.79 Å². The monoisotopic (exact) mass is 423 g/mol. The van der Waals surface area contributed by atoms with E-state index in [0.29, 0.717) is 17.6 Å². The van der Waals surface area contributed by atoms with Crippen LogP contribution in [0.3, 0.4) is 0 Å². The summed E-state index contributed by atoms with van der Waals surface area (Å²) in [5, 5.41) is 12.4. The van der Waals surface area contributed by atoms with Gasteiger partial charge in [-0.2, -0.15) is 0 Å². The molecule has 4 N–H and O–H groups in total. The van der Waals surface area contributed by atoms with Crippen molar-refractivity contribution in [3.63, 3.8) is 0 Å². The zero-order chi connectivity index (χ0) is 22.6. The van der Waals surface area contributed by atoms with Crippen LogP contribution in [0.4, 0.5) is 16.4 Å². The Labute approximate surface area is 184 Å². The first-order chi connectivity index (χ1) is 14.5. The molecule has 1 aromatic heterocycles. The van der Waals surface area contributed by atoms with Gasteiger partial charge in [0.1, 0.15) is 0 Å². The van der Waals surface area contributed by atoms with Gasteiger partial charge in [-0.05, 0) is 72.6 Å². The van der Waals surface area contributed by atoms with E-state index in [4.69, 9.17) is 4.99 Å². The lowest BCUT2D eigenvalue weighted by atomic mass is 9.80. The van der Waals surface area contributed by atoms with Crippen molar-refractivity contribution in [2.24, 2.45) is 4.99 Å². The van der Waals surface area contributed by atoms with Gasteiger partial charge in [0.2, 0.25) is 11.9 Å². The topological polar surface area (TPSA) is 103 Å². The van der Waals surface area contributed by atoms with Crippen LogP contribution in [0.25, 0.3) is 0 Å². The van der Waals surface area contributed by atoms with E-state index in [1.807, 2.05) is 50.2 Å². The summed E-state index contributed by atoms with van der Waals surface area (Å²) in [6, 6.07) is 10.8. The first-order valence-corrected chi connectivity index (χ1v) is 10.6. The number of para-hydroxylation sites is 1. The maximum absolute atomic E-state index is 12.6. The van der Waals surface area contributed by atoms with E-state index in [1.54, 1.807) is 0 Å². The van der Waals surface area contributed by atoms with Crippen molar-refractivity contribution < 1.29 is 4.79 Å². The van der Waals surface area contributed by atoms with E-state index < -0.39 is 0 Å². The number of piperidine rings is 1. The molecule has 2 aromatic rings. The number of hydrogen-bond donors (Lipinski definition) is 4. The molecule has 0 spiro atoms. The molecule has 1 aliphatic rings. The normalized spacial score (nSPS) is 18.3. The van der Waals surface area contributed by atoms with Gasteiger partial charge in [-0.3, -0.25) is 10.6 Å². The van der Waals surface area contributed by atoms with Crippen LogP contribution in [-0.2, 0) is 0 Å². The van der Waals surface area contributed by atoms with Gasteiger partial charge in [-0.25, -0.2) is 19.8 Å². The van der Waals surface area contributed by atoms with Crippen LogP contribution >= 0.6 is 0 Å². The van der Waals surface area contributed by atoms with E-state index >= 15 is 0 Å². The number of nitrogens with zero attached hydrogens (tertiary/aromatic N) is 3. The number of carbonyl (C=O) groups is 1. The number of aryl methyl sites for hydroxylation is 2. The van der Waals surface area contributed by atoms with Gasteiger partial charge in [0.05, 0.1) is 6.04 Å². The average Bonchev–Trinajstić information content (AvgIpc) is 2.58. The molecule has 0 radical (unpaired) electrons. The van der Waals surface area contributed by atoms with Crippen LogP contribution in [-0.4, -0.2) is 39.1 Å². The number of benzene rings is 1. The van der Waals surface area contributed by atoms with Gasteiger partial charge < -0.3 is 10.6 Å². The second kappa shape index (κ2) is 9.01. The largest absolute Gasteiger partial charge is 0.326 e. The SMILES string of the molecule is Cc1cc(C)nc(NC(=NC2CC(C)(C)NC(C)(C)C2)NC(=O)Nc2ccccc2)n1. The highest BCUT2D eigenvalue weighted by atomic mass is 16.2. The van der Waals surface area contributed by atoms with Crippen LogP contribution in [0.15, 0.2) is 41.4 Å². The number of anilines is 2. The molecule has 2 heterocycles. The number of aliphatic imine (C=N–C) groups is 1. The number of carbonyl (C=O) groups excluding carboxylic acids is 1. The molecule has 0 saturated carbocycles. The standard InChI is InChI=1S/C23H33N7O/c1-15-12-16(2)25-19(24-15)28-20(29-21(31)27-17-10-8-7-9-11-17)26-18-13-22(3,4)30-23(5,6)14-18/h7-12,18,30H,13-14H2,1-6H3,(H3,24,25,26,27,28,29,31). The van der Waals surface area contributed by atoms with Crippen molar-refractivity contribution in [1.29, 1.82) is 0 Å². The molecule has 8 heteroatoms. The molecular formula is C23H33N7O. The summed E-state index contributed by atoms with van der Waals surface area (Å²) in [5.74, 6) is 0.737. The Morgan fingerprint density at radius 1 is 1.00 bits per heavy atom. The minimum atomic E-state index is -0.380. The van der Waals surface area contributed by atoms with Crippen molar-refractivity contribution in [3.8, 4) is 0 Å². The Morgan fingerprint density at radius 2 is 1.58 bits per heavy atom. The first kappa shape index (κ1) is 22.7. The molecule has 0 bridgehead atoms. The number of rotatable bonds is 3. The number of aromatic nitrogens is 2. The highest BCUT2D eigenvalue weighted by Crippen LogP contribution is 2.30. The molecule has 0 unspecified atom stereocenters. The highest BCUT2D eigenvalue weighted by molar-refractivity contribution is 6.07. The molecule has 8 nitrogen and oxygen atoms in total. The summed E-state index contributed by atoms with van der Waals surface area (Å²) >= 11 is 0. The minimum absolute atomic E-state index is 0.0247. The molecule has 0 atom stereocenters. The van der Waals surface area contributed by atoms with Gasteiger partial charge in [0, 0.05) is 28.2 Å². The van der Waals surface area contributed by atoms with Crippen LogP contribution in [0.1, 0.15) is 51.9 Å². The van der Waals surface area contributed by atoms with Crippen LogP contribution in [0, 0.1) is 13.8 Å². The molecule has 3 rings (SSSR count). The summed E-state index contributed by atoms with van der Waals surface area (Å²) in [4.78, 5) is 26.4. The van der Waals surface area contributed by atoms with Crippen molar-refractivity contribution in [2.45, 2.75) is 71.5 Å². The van der Waals surface area contributed by atoms with E-state index in [-0.39, 0.29) is 23.2 Å². The Balaban J connectivity index is 1.84. The quantitative estimate of drug-likeness (QED) is 0.441. The zero-order valence-corrected chi connectivity index (χ0v) is 19.2. The number of amides is 2. The third kappa shape index (κ3) is 7.03.